The molecule has 34 heavy (non-hydrogen) atoms. The number of carbonyl (C=O) groups is 2. The minimum atomic E-state index is -0.218. The van der Waals surface area contributed by atoms with Crippen molar-refractivity contribution in [2.24, 2.45) is 5.92 Å². The third kappa shape index (κ3) is 6.95. The van der Waals surface area contributed by atoms with Gasteiger partial charge < -0.3 is 18.9 Å². The number of carbonyl (C=O) groups excluding carboxylic acids is 2. The van der Waals surface area contributed by atoms with Gasteiger partial charge >= 0.3 is 0 Å². The molecule has 0 unspecified atom stereocenters. The molecule has 0 saturated heterocycles. The van der Waals surface area contributed by atoms with E-state index in [-0.39, 0.29) is 17.9 Å². The zero-order valence-electron chi connectivity index (χ0n) is 20.3. The molecular weight excluding hydrogens is 434 g/mol. The molecule has 2 fully saturated rings. The molecule has 4 rings (SSSR count). The van der Waals surface area contributed by atoms with Crippen molar-refractivity contribution in [3.05, 3.63) is 23.8 Å². The summed E-state index contributed by atoms with van der Waals surface area (Å²) in [5.41, 5.74) is 0.467. The Balaban J connectivity index is 1.53. The van der Waals surface area contributed by atoms with Crippen molar-refractivity contribution in [3.8, 4) is 11.5 Å². The van der Waals surface area contributed by atoms with Crippen molar-refractivity contribution >= 4 is 11.8 Å². The van der Waals surface area contributed by atoms with Crippen molar-refractivity contribution in [2.75, 3.05) is 39.6 Å². The normalized spacial score (nSPS) is 21.2. The van der Waals surface area contributed by atoms with E-state index < -0.39 is 0 Å². The number of amides is 2. The highest BCUT2D eigenvalue weighted by Crippen LogP contribution is 2.32. The third-order valence-corrected chi connectivity index (χ3v) is 7.15. The average molecular weight is 474 g/mol. The summed E-state index contributed by atoms with van der Waals surface area (Å²) in [7, 11) is 0. The van der Waals surface area contributed by atoms with Crippen molar-refractivity contribution in [2.45, 2.75) is 76.7 Å². The highest BCUT2D eigenvalue weighted by Gasteiger charge is 2.33. The van der Waals surface area contributed by atoms with Gasteiger partial charge in [-0.3, -0.25) is 14.5 Å². The average Bonchev–Trinajstić information content (AvgIpc) is 2.86. The van der Waals surface area contributed by atoms with Crippen molar-refractivity contribution in [1.82, 2.24) is 4.90 Å². The molecule has 3 aliphatic rings. The lowest BCUT2D eigenvalue weighted by atomic mass is 9.86. The lowest BCUT2D eigenvalue weighted by molar-refractivity contribution is -0.132. The van der Waals surface area contributed by atoms with E-state index in [0.717, 1.165) is 38.5 Å². The fraction of sp³-hybridized carbons (Fsp3) is 0.704. The highest BCUT2D eigenvalue weighted by molar-refractivity contribution is 6.05. The molecule has 2 amide bonds. The van der Waals surface area contributed by atoms with Crippen LogP contribution in [0.1, 0.15) is 81.0 Å². The Hall–Kier alpha value is -2.12. The molecule has 0 N–H and O–H groups in total. The summed E-state index contributed by atoms with van der Waals surface area (Å²) in [4.78, 5) is 28.8. The SMILES string of the molecule is O=C(CC1CCCCC1)N(C(=O)c1ccc2c(c1)OCCOCCOCCO2)C1CCCCC1. The van der Waals surface area contributed by atoms with E-state index in [1.807, 2.05) is 0 Å². The Kier molecular flexibility index (Phi) is 9.63. The van der Waals surface area contributed by atoms with Crippen molar-refractivity contribution in [3.63, 3.8) is 0 Å². The number of benzene rings is 1. The van der Waals surface area contributed by atoms with Gasteiger partial charge in [-0.25, -0.2) is 0 Å². The van der Waals surface area contributed by atoms with Crippen LogP contribution in [0.5, 0.6) is 11.5 Å². The van der Waals surface area contributed by atoms with E-state index in [1.54, 1.807) is 23.1 Å². The molecule has 0 atom stereocenters. The quantitative estimate of drug-likeness (QED) is 0.628. The standard InChI is InChI=1S/C27H39NO6/c29-26(19-21-7-3-1-4-8-21)28(23-9-5-2-6-10-23)27(30)22-11-12-24-25(20-22)34-18-16-32-14-13-31-15-17-33-24/h11-12,20-21,23H,1-10,13-19H2. The summed E-state index contributed by atoms with van der Waals surface area (Å²) in [5.74, 6) is 1.23. The van der Waals surface area contributed by atoms with Gasteiger partial charge in [-0.1, -0.05) is 38.5 Å². The smallest absolute Gasteiger partial charge is 0.260 e. The van der Waals surface area contributed by atoms with Gasteiger partial charge in [-0.05, 0) is 49.8 Å². The predicted octanol–water partition coefficient (Wildman–Crippen LogP) is 4.76. The number of hydrogen-bond donors (Lipinski definition) is 0. The summed E-state index contributed by atoms with van der Waals surface area (Å²) >= 11 is 0. The molecule has 0 radical (unpaired) electrons. The second-order valence-electron chi connectivity index (χ2n) is 9.65. The lowest BCUT2D eigenvalue weighted by Crippen LogP contribution is -2.46. The Morgan fingerprint density at radius 3 is 2.00 bits per heavy atom. The second-order valence-corrected chi connectivity index (χ2v) is 9.65. The first-order valence-corrected chi connectivity index (χ1v) is 13.1. The number of fused-ring (bicyclic) bond motifs is 1. The summed E-state index contributed by atoms with van der Waals surface area (Å²) in [6.45, 7) is 2.64. The second kappa shape index (κ2) is 13.1. The number of rotatable bonds is 4. The van der Waals surface area contributed by atoms with Gasteiger partial charge in [0.05, 0.1) is 26.4 Å². The predicted molar refractivity (Wildman–Crippen MR) is 128 cm³/mol. The summed E-state index contributed by atoms with van der Waals surface area (Å²) in [6.07, 6.45) is 11.4. The van der Waals surface area contributed by atoms with Gasteiger partial charge in [0, 0.05) is 18.0 Å². The molecule has 1 aromatic carbocycles. The first-order chi connectivity index (χ1) is 16.7. The Bertz CT molecular complexity index is 800. The molecule has 1 heterocycles. The van der Waals surface area contributed by atoms with Gasteiger partial charge in [-0.15, -0.1) is 0 Å². The van der Waals surface area contributed by atoms with Crippen LogP contribution in [0.2, 0.25) is 0 Å². The van der Waals surface area contributed by atoms with E-state index in [4.69, 9.17) is 18.9 Å². The molecule has 0 spiro atoms. The Morgan fingerprint density at radius 1 is 0.735 bits per heavy atom. The van der Waals surface area contributed by atoms with Crippen LogP contribution in [-0.2, 0) is 14.3 Å². The van der Waals surface area contributed by atoms with Crippen LogP contribution in [0.15, 0.2) is 18.2 Å². The summed E-state index contributed by atoms with van der Waals surface area (Å²) < 4.78 is 22.7. The molecule has 188 valence electrons. The number of ether oxygens (including phenoxy) is 4. The van der Waals surface area contributed by atoms with Crippen molar-refractivity contribution < 1.29 is 28.5 Å². The van der Waals surface area contributed by atoms with Crippen LogP contribution in [0.25, 0.3) is 0 Å². The van der Waals surface area contributed by atoms with Gasteiger partial charge in [0.1, 0.15) is 13.2 Å². The number of hydrogen-bond acceptors (Lipinski definition) is 6. The fourth-order valence-electron chi connectivity index (χ4n) is 5.31. The molecule has 1 aromatic rings. The number of imide groups is 1. The van der Waals surface area contributed by atoms with Crippen LogP contribution < -0.4 is 9.47 Å². The fourth-order valence-corrected chi connectivity index (χ4v) is 5.31. The maximum Gasteiger partial charge on any atom is 0.260 e. The van der Waals surface area contributed by atoms with E-state index in [0.29, 0.717) is 69.0 Å². The first kappa shape index (κ1) is 25.0. The first-order valence-electron chi connectivity index (χ1n) is 13.1. The monoisotopic (exact) mass is 473 g/mol. The van der Waals surface area contributed by atoms with Crippen LogP contribution in [0, 0.1) is 5.92 Å². The molecule has 0 bridgehead atoms. The molecule has 0 aromatic heterocycles. The van der Waals surface area contributed by atoms with Crippen LogP contribution in [0.3, 0.4) is 0 Å². The lowest BCUT2D eigenvalue weighted by Gasteiger charge is -2.34. The van der Waals surface area contributed by atoms with E-state index >= 15 is 0 Å². The minimum absolute atomic E-state index is 0.0129. The van der Waals surface area contributed by atoms with E-state index in [2.05, 4.69) is 0 Å². The molecule has 7 heteroatoms. The highest BCUT2D eigenvalue weighted by atomic mass is 16.6. The molecule has 2 aliphatic carbocycles. The van der Waals surface area contributed by atoms with E-state index in [9.17, 15) is 9.59 Å². The zero-order valence-corrected chi connectivity index (χ0v) is 20.3. The summed E-state index contributed by atoms with van der Waals surface area (Å²) in [6, 6.07) is 5.21. The minimum Gasteiger partial charge on any atom is -0.487 e. The maximum absolute atomic E-state index is 13.8. The number of nitrogens with zero attached hydrogens (tertiary/aromatic N) is 1. The Labute approximate surface area is 203 Å². The van der Waals surface area contributed by atoms with Gasteiger partial charge in [0.2, 0.25) is 5.91 Å². The van der Waals surface area contributed by atoms with Crippen LogP contribution in [-0.4, -0.2) is 62.4 Å². The third-order valence-electron chi connectivity index (χ3n) is 7.15. The largest absolute Gasteiger partial charge is 0.487 e. The van der Waals surface area contributed by atoms with Gasteiger partial charge in [0.25, 0.3) is 5.91 Å². The van der Waals surface area contributed by atoms with Crippen LogP contribution in [0.4, 0.5) is 0 Å². The zero-order chi connectivity index (χ0) is 23.6. The molecule has 1 aliphatic heterocycles. The molecule has 2 saturated carbocycles. The Morgan fingerprint density at radius 2 is 1.32 bits per heavy atom. The molecule has 7 nitrogen and oxygen atoms in total. The van der Waals surface area contributed by atoms with Crippen molar-refractivity contribution in [1.29, 1.82) is 0 Å². The maximum atomic E-state index is 13.8. The topological polar surface area (TPSA) is 74.3 Å². The van der Waals surface area contributed by atoms with Gasteiger partial charge in [0.15, 0.2) is 11.5 Å². The van der Waals surface area contributed by atoms with Gasteiger partial charge in [-0.2, -0.15) is 0 Å². The molecular formula is C27H39NO6. The van der Waals surface area contributed by atoms with E-state index in [1.165, 1.54) is 25.7 Å². The summed E-state index contributed by atoms with van der Waals surface area (Å²) in [5, 5.41) is 0. The van der Waals surface area contributed by atoms with Crippen LogP contribution >= 0.6 is 0 Å².